The first-order valence-electron chi connectivity index (χ1n) is 5.11. The second-order valence-electron chi connectivity index (χ2n) is 3.82. The van der Waals surface area contributed by atoms with Gasteiger partial charge < -0.3 is 10.6 Å². The maximum atomic E-state index is 5.87. The van der Waals surface area contributed by atoms with Gasteiger partial charge in [-0.3, -0.25) is 0 Å². The minimum absolute atomic E-state index is 0.812. The van der Waals surface area contributed by atoms with Crippen molar-refractivity contribution >= 4 is 33.9 Å². The summed E-state index contributed by atoms with van der Waals surface area (Å²) in [5.74, 6) is 0. The lowest BCUT2D eigenvalue weighted by Crippen LogP contribution is -2.07. The molecule has 1 heterocycles. The van der Waals surface area contributed by atoms with E-state index in [0.717, 1.165) is 25.6 Å². The van der Waals surface area contributed by atoms with Gasteiger partial charge in [-0.15, -0.1) is 10.2 Å². The second kappa shape index (κ2) is 4.93. The molecule has 0 aliphatic rings. The van der Waals surface area contributed by atoms with Crippen molar-refractivity contribution in [2.24, 2.45) is 0 Å². The molecule has 0 amide bonds. The van der Waals surface area contributed by atoms with Crippen LogP contribution in [-0.4, -0.2) is 24.3 Å². The van der Waals surface area contributed by atoms with Crippen LogP contribution in [0.3, 0.4) is 0 Å². The van der Waals surface area contributed by atoms with E-state index in [9.17, 15) is 0 Å². The molecule has 2 N–H and O–H groups in total. The molecule has 0 saturated heterocycles. The highest BCUT2D eigenvalue weighted by Gasteiger charge is 2.09. The smallest absolute Gasteiger partial charge is 0.208 e. The van der Waals surface area contributed by atoms with Crippen LogP contribution < -0.4 is 10.6 Å². The van der Waals surface area contributed by atoms with Gasteiger partial charge in [0.2, 0.25) is 5.13 Å². The van der Waals surface area contributed by atoms with E-state index >= 15 is 0 Å². The molecule has 17 heavy (non-hydrogen) atoms. The molecule has 0 bridgehead atoms. The minimum atomic E-state index is 0.812. The summed E-state index contributed by atoms with van der Waals surface area (Å²) in [7, 11) is 3.92. The van der Waals surface area contributed by atoms with Gasteiger partial charge in [0.1, 0.15) is 0 Å². The minimum Gasteiger partial charge on any atom is -0.398 e. The Morgan fingerprint density at radius 1 is 1.29 bits per heavy atom. The van der Waals surface area contributed by atoms with E-state index in [2.05, 4.69) is 10.2 Å². The average molecular weight is 266 g/mol. The lowest BCUT2D eigenvalue weighted by molar-refractivity contribution is 0.972. The zero-order chi connectivity index (χ0) is 12.4. The average Bonchev–Trinajstić information content (AvgIpc) is 2.73. The number of hydrogen-bond donors (Lipinski definition) is 1. The summed E-state index contributed by atoms with van der Waals surface area (Å²) in [6.45, 7) is 2.02. The van der Waals surface area contributed by atoms with E-state index in [0.29, 0.717) is 0 Å². The summed E-state index contributed by atoms with van der Waals surface area (Å²) >= 11 is 3.18. The molecular formula is C11H14N4S2. The Labute approximate surface area is 109 Å². The standard InChI is InChI=1S/C11H14N4S2/c1-7-8(12)5-4-6-9(7)16-11-14-13-10(17-11)15(2)3/h4-6H,12H2,1-3H3. The third-order valence-electron chi connectivity index (χ3n) is 2.30. The van der Waals surface area contributed by atoms with Crippen molar-refractivity contribution in [1.29, 1.82) is 0 Å². The molecule has 90 valence electrons. The quantitative estimate of drug-likeness (QED) is 0.866. The number of benzene rings is 1. The molecule has 1 aromatic carbocycles. The van der Waals surface area contributed by atoms with Crippen molar-refractivity contribution in [1.82, 2.24) is 10.2 Å². The van der Waals surface area contributed by atoms with E-state index in [-0.39, 0.29) is 0 Å². The van der Waals surface area contributed by atoms with Crippen molar-refractivity contribution in [3.63, 3.8) is 0 Å². The monoisotopic (exact) mass is 266 g/mol. The summed E-state index contributed by atoms with van der Waals surface area (Å²) in [6, 6.07) is 5.91. The molecule has 0 unspecified atom stereocenters. The van der Waals surface area contributed by atoms with Gasteiger partial charge in [-0.25, -0.2) is 0 Å². The maximum absolute atomic E-state index is 5.87. The Bertz CT molecular complexity index is 522. The summed E-state index contributed by atoms with van der Waals surface area (Å²) in [5, 5.41) is 9.17. The molecule has 0 spiro atoms. The van der Waals surface area contributed by atoms with Gasteiger partial charge in [0, 0.05) is 24.7 Å². The SMILES string of the molecule is Cc1c(N)cccc1Sc1nnc(N(C)C)s1. The number of nitrogens with zero attached hydrogens (tertiary/aromatic N) is 3. The normalized spacial score (nSPS) is 10.5. The first kappa shape index (κ1) is 12.2. The molecule has 0 saturated carbocycles. The molecule has 0 aliphatic carbocycles. The first-order valence-corrected chi connectivity index (χ1v) is 6.75. The molecule has 4 nitrogen and oxygen atoms in total. The predicted octanol–water partition coefficient (Wildman–Crippen LogP) is 2.65. The lowest BCUT2D eigenvalue weighted by atomic mass is 10.2. The zero-order valence-corrected chi connectivity index (χ0v) is 11.6. The number of rotatable bonds is 3. The Morgan fingerprint density at radius 3 is 2.71 bits per heavy atom. The van der Waals surface area contributed by atoms with E-state index in [4.69, 9.17) is 5.73 Å². The van der Waals surface area contributed by atoms with E-state index < -0.39 is 0 Å². The van der Waals surface area contributed by atoms with Crippen LogP contribution in [0.25, 0.3) is 0 Å². The molecule has 2 aromatic rings. The van der Waals surface area contributed by atoms with Crippen molar-refractivity contribution in [3.8, 4) is 0 Å². The number of aromatic nitrogens is 2. The summed E-state index contributed by atoms with van der Waals surface area (Å²) in [5.41, 5.74) is 7.78. The van der Waals surface area contributed by atoms with Crippen LogP contribution in [-0.2, 0) is 0 Å². The molecule has 0 aliphatic heterocycles. The van der Waals surface area contributed by atoms with Gasteiger partial charge in [-0.05, 0) is 24.6 Å². The highest BCUT2D eigenvalue weighted by Crippen LogP contribution is 2.35. The number of anilines is 2. The molecule has 0 atom stereocenters. The predicted molar refractivity (Wildman–Crippen MR) is 74.0 cm³/mol. The molecule has 0 fully saturated rings. The Balaban J connectivity index is 2.22. The topological polar surface area (TPSA) is 55.0 Å². The molecule has 6 heteroatoms. The number of hydrogen-bond acceptors (Lipinski definition) is 6. The van der Waals surface area contributed by atoms with Crippen molar-refractivity contribution in [3.05, 3.63) is 23.8 Å². The fourth-order valence-electron chi connectivity index (χ4n) is 1.26. The van der Waals surface area contributed by atoms with Crippen LogP contribution in [0.5, 0.6) is 0 Å². The second-order valence-corrected chi connectivity index (χ2v) is 6.06. The van der Waals surface area contributed by atoms with Crippen LogP contribution in [0.2, 0.25) is 0 Å². The fourth-order valence-corrected chi connectivity index (χ4v) is 3.11. The van der Waals surface area contributed by atoms with Crippen LogP contribution in [0.15, 0.2) is 27.4 Å². The number of nitrogens with two attached hydrogens (primary N) is 1. The van der Waals surface area contributed by atoms with Crippen LogP contribution in [0.1, 0.15) is 5.56 Å². The molecular weight excluding hydrogens is 252 g/mol. The van der Waals surface area contributed by atoms with Crippen molar-refractivity contribution < 1.29 is 0 Å². The fraction of sp³-hybridized carbons (Fsp3) is 0.273. The molecule has 2 rings (SSSR count). The Hall–Kier alpha value is -1.27. The van der Waals surface area contributed by atoms with E-state index in [1.807, 2.05) is 44.1 Å². The van der Waals surface area contributed by atoms with Crippen molar-refractivity contribution in [2.75, 3.05) is 24.7 Å². The van der Waals surface area contributed by atoms with E-state index in [1.54, 1.807) is 23.1 Å². The number of nitrogen functional groups attached to an aromatic ring is 1. The first-order chi connectivity index (χ1) is 8.08. The molecule has 1 aromatic heterocycles. The highest BCUT2D eigenvalue weighted by molar-refractivity contribution is 8.01. The highest BCUT2D eigenvalue weighted by atomic mass is 32.2. The largest absolute Gasteiger partial charge is 0.398 e. The van der Waals surface area contributed by atoms with Gasteiger partial charge in [-0.2, -0.15) is 0 Å². The third kappa shape index (κ3) is 2.70. The van der Waals surface area contributed by atoms with Gasteiger partial charge in [-0.1, -0.05) is 29.2 Å². The van der Waals surface area contributed by atoms with Crippen LogP contribution >= 0.6 is 23.1 Å². The maximum Gasteiger partial charge on any atom is 0.208 e. The molecule has 0 radical (unpaired) electrons. The van der Waals surface area contributed by atoms with Crippen LogP contribution in [0, 0.1) is 6.92 Å². The Morgan fingerprint density at radius 2 is 2.06 bits per heavy atom. The summed E-state index contributed by atoms with van der Waals surface area (Å²) < 4.78 is 0.933. The van der Waals surface area contributed by atoms with Gasteiger partial charge in [0.05, 0.1) is 0 Å². The summed E-state index contributed by atoms with van der Waals surface area (Å²) in [6.07, 6.45) is 0. The van der Waals surface area contributed by atoms with Crippen molar-refractivity contribution in [2.45, 2.75) is 16.2 Å². The van der Waals surface area contributed by atoms with E-state index in [1.165, 1.54) is 0 Å². The van der Waals surface area contributed by atoms with Gasteiger partial charge >= 0.3 is 0 Å². The summed E-state index contributed by atoms with van der Waals surface area (Å²) in [4.78, 5) is 3.08. The lowest BCUT2D eigenvalue weighted by Gasteiger charge is -2.05. The Kier molecular flexibility index (Phi) is 3.54. The zero-order valence-electron chi connectivity index (χ0n) is 9.97. The third-order valence-corrected chi connectivity index (χ3v) is 4.61. The van der Waals surface area contributed by atoms with Crippen LogP contribution in [0.4, 0.5) is 10.8 Å². The van der Waals surface area contributed by atoms with Gasteiger partial charge in [0.15, 0.2) is 4.34 Å². The van der Waals surface area contributed by atoms with Gasteiger partial charge in [0.25, 0.3) is 0 Å².